The Morgan fingerprint density at radius 2 is 1.94 bits per heavy atom. The van der Waals surface area contributed by atoms with Gasteiger partial charge in [0.1, 0.15) is 0 Å². The van der Waals surface area contributed by atoms with Gasteiger partial charge in [0.25, 0.3) is 5.16 Å². The van der Waals surface area contributed by atoms with Gasteiger partial charge < -0.3 is 0 Å². The van der Waals surface area contributed by atoms with Crippen LogP contribution in [0.25, 0.3) is 5.69 Å². The highest BCUT2D eigenvalue weighted by Gasteiger charge is 2.21. The first-order valence-corrected chi connectivity index (χ1v) is 6.37. The molecule has 2 rings (SSSR count). The number of hydrogen-bond donors (Lipinski definition) is 0. The van der Waals surface area contributed by atoms with E-state index in [-0.39, 0.29) is 10.9 Å². The second-order valence-electron chi connectivity index (χ2n) is 3.11. The highest BCUT2D eigenvalue weighted by molar-refractivity contribution is 7.91. The van der Waals surface area contributed by atoms with Gasteiger partial charge in [-0.15, -0.1) is 0 Å². The van der Waals surface area contributed by atoms with E-state index >= 15 is 0 Å². The van der Waals surface area contributed by atoms with Gasteiger partial charge in [-0.3, -0.25) is 0 Å². The van der Waals surface area contributed by atoms with Gasteiger partial charge in [0, 0.05) is 0 Å². The van der Waals surface area contributed by atoms with Crippen LogP contribution in [0.3, 0.4) is 0 Å². The summed E-state index contributed by atoms with van der Waals surface area (Å²) < 4.78 is 24.6. The number of aromatic nitrogens is 4. The van der Waals surface area contributed by atoms with Crippen LogP contribution in [0.5, 0.6) is 0 Å². The minimum absolute atomic E-state index is 0.0276. The van der Waals surface area contributed by atoms with Crippen molar-refractivity contribution in [2.24, 2.45) is 0 Å². The summed E-state index contributed by atoms with van der Waals surface area (Å²) in [7, 11) is -3.41. The Hall–Kier alpha value is -1.76. The average molecular weight is 238 g/mol. The van der Waals surface area contributed by atoms with Crippen molar-refractivity contribution in [3.63, 3.8) is 0 Å². The van der Waals surface area contributed by atoms with Crippen molar-refractivity contribution in [2.45, 2.75) is 12.1 Å². The van der Waals surface area contributed by atoms with Gasteiger partial charge in [-0.25, -0.2) is 8.42 Å². The number of sulfone groups is 1. The Bertz CT molecular complexity index is 577. The second kappa shape index (κ2) is 4.01. The summed E-state index contributed by atoms with van der Waals surface area (Å²) in [5.74, 6) is -0.0276. The lowest BCUT2D eigenvalue weighted by Crippen LogP contribution is -2.12. The Labute approximate surface area is 92.8 Å². The van der Waals surface area contributed by atoms with Gasteiger partial charge in [-0.05, 0) is 22.6 Å². The molecule has 1 heterocycles. The monoisotopic (exact) mass is 238 g/mol. The van der Waals surface area contributed by atoms with Crippen molar-refractivity contribution < 1.29 is 8.42 Å². The molecule has 0 bridgehead atoms. The standard InChI is InChI=1S/C9H10N4O2S/c1-2-16(14,15)9-10-11-12-13(9)8-6-4-3-5-7-8/h3-7H,2H2,1H3. The summed E-state index contributed by atoms with van der Waals surface area (Å²) in [4.78, 5) is 0. The Kier molecular flexibility index (Phi) is 2.69. The molecule has 0 fully saturated rings. The predicted octanol–water partition coefficient (Wildman–Crippen LogP) is 0.456. The quantitative estimate of drug-likeness (QED) is 0.776. The molecule has 0 aliphatic rings. The molecule has 0 aliphatic heterocycles. The zero-order chi connectivity index (χ0) is 11.6. The molecule has 0 spiro atoms. The number of hydrogen-bond acceptors (Lipinski definition) is 5. The maximum absolute atomic E-state index is 11.7. The highest BCUT2D eigenvalue weighted by Crippen LogP contribution is 2.12. The van der Waals surface area contributed by atoms with E-state index in [1.807, 2.05) is 6.07 Å². The van der Waals surface area contributed by atoms with Crippen molar-refractivity contribution in [1.82, 2.24) is 20.2 Å². The average Bonchev–Trinajstić information content (AvgIpc) is 2.80. The van der Waals surface area contributed by atoms with E-state index in [9.17, 15) is 8.42 Å². The van der Waals surface area contributed by atoms with Crippen LogP contribution in [0, 0.1) is 0 Å². The number of para-hydroxylation sites is 1. The number of benzene rings is 1. The predicted molar refractivity (Wildman–Crippen MR) is 56.9 cm³/mol. The first-order chi connectivity index (χ1) is 7.65. The van der Waals surface area contributed by atoms with E-state index in [1.54, 1.807) is 31.2 Å². The molecule has 7 heteroatoms. The van der Waals surface area contributed by atoms with Crippen molar-refractivity contribution >= 4 is 9.84 Å². The molecule has 0 saturated carbocycles. The van der Waals surface area contributed by atoms with E-state index in [4.69, 9.17) is 0 Å². The van der Waals surface area contributed by atoms with Crippen LogP contribution in [0.15, 0.2) is 35.5 Å². The molecule has 0 aliphatic carbocycles. The fourth-order valence-corrected chi connectivity index (χ4v) is 2.06. The van der Waals surface area contributed by atoms with Gasteiger partial charge >= 0.3 is 0 Å². The molecule has 0 unspecified atom stereocenters. The molecular formula is C9H10N4O2S. The third-order valence-corrected chi connectivity index (χ3v) is 3.67. The first-order valence-electron chi connectivity index (χ1n) is 4.71. The number of tetrazole rings is 1. The van der Waals surface area contributed by atoms with Crippen molar-refractivity contribution in [3.8, 4) is 5.69 Å². The highest BCUT2D eigenvalue weighted by atomic mass is 32.2. The summed E-state index contributed by atoms with van der Waals surface area (Å²) in [6.45, 7) is 1.55. The molecule has 2 aromatic rings. The first kappa shape index (κ1) is 10.7. The molecule has 0 radical (unpaired) electrons. The molecule has 0 saturated heterocycles. The van der Waals surface area contributed by atoms with E-state index in [0.717, 1.165) is 0 Å². The van der Waals surface area contributed by atoms with E-state index in [0.29, 0.717) is 5.69 Å². The maximum Gasteiger partial charge on any atom is 0.272 e. The largest absolute Gasteiger partial charge is 0.272 e. The lowest BCUT2D eigenvalue weighted by Gasteiger charge is -2.02. The van der Waals surface area contributed by atoms with Crippen LogP contribution >= 0.6 is 0 Å². The lowest BCUT2D eigenvalue weighted by molar-refractivity contribution is 0.581. The van der Waals surface area contributed by atoms with E-state index in [2.05, 4.69) is 15.5 Å². The topological polar surface area (TPSA) is 77.7 Å². The van der Waals surface area contributed by atoms with Crippen LogP contribution in [-0.2, 0) is 9.84 Å². The summed E-state index contributed by atoms with van der Waals surface area (Å²) in [5, 5.41) is 10.5. The van der Waals surface area contributed by atoms with Crippen LogP contribution in [0.2, 0.25) is 0 Å². The summed E-state index contributed by atoms with van der Waals surface area (Å²) in [6, 6.07) is 8.90. The molecule has 16 heavy (non-hydrogen) atoms. The van der Waals surface area contributed by atoms with E-state index in [1.165, 1.54) is 4.68 Å². The fourth-order valence-electron chi connectivity index (χ4n) is 1.23. The van der Waals surface area contributed by atoms with Gasteiger partial charge in [-0.2, -0.15) is 4.68 Å². The van der Waals surface area contributed by atoms with Crippen LogP contribution < -0.4 is 0 Å². The maximum atomic E-state index is 11.7. The van der Waals surface area contributed by atoms with Crippen molar-refractivity contribution in [3.05, 3.63) is 30.3 Å². The molecule has 84 valence electrons. The number of rotatable bonds is 3. The summed E-state index contributed by atoms with van der Waals surface area (Å²) in [5.41, 5.74) is 0.625. The SMILES string of the molecule is CCS(=O)(=O)c1nnnn1-c1ccccc1. The van der Waals surface area contributed by atoms with E-state index < -0.39 is 9.84 Å². The zero-order valence-electron chi connectivity index (χ0n) is 8.61. The third-order valence-electron chi connectivity index (χ3n) is 2.10. The van der Waals surface area contributed by atoms with Crippen LogP contribution in [0.1, 0.15) is 6.92 Å². The molecule has 1 aromatic carbocycles. The van der Waals surface area contributed by atoms with Crippen LogP contribution in [-0.4, -0.2) is 34.4 Å². The molecular weight excluding hydrogens is 228 g/mol. The Morgan fingerprint density at radius 3 is 2.56 bits per heavy atom. The number of nitrogens with zero attached hydrogens (tertiary/aromatic N) is 4. The third kappa shape index (κ3) is 1.81. The second-order valence-corrected chi connectivity index (χ2v) is 5.28. The minimum Gasteiger partial charge on any atom is -0.220 e. The lowest BCUT2D eigenvalue weighted by atomic mass is 10.3. The van der Waals surface area contributed by atoms with Gasteiger partial charge in [0.15, 0.2) is 0 Å². The fraction of sp³-hybridized carbons (Fsp3) is 0.222. The van der Waals surface area contributed by atoms with Gasteiger partial charge in [-0.1, -0.05) is 30.2 Å². The summed E-state index contributed by atoms with van der Waals surface area (Å²) in [6.07, 6.45) is 0. The van der Waals surface area contributed by atoms with Gasteiger partial charge in [0.2, 0.25) is 9.84 Å². The minimum atomic E-state index is -3.41. The zero-order valence-corrected chi connectivity index (χ0v) is 9.42. The molecule has 0 N–H and O–H groups in total. The summed E-state index contributed by atoms with van der Waals surface area (Å²) >= 11 is 0. The van der Waals surface area contributed by atoms with Crippen LogP contribution in [0.4, 0.5) is 0 Å². The smallest absolute Gasteiger partial charge is 0.220 e. The molecule has 0 atom stereocenters. The molecule has 1 aromatic heterocycles. The molecule has 6 nitrogen and oxygen atoms in total. The van der Waals surface area contributed by atoms with Gasteiger partial charge in [0.05, 0.1) is 11.4 Å². The normalized spacial score (nSPS) is 11.6. The Balaban J connectivity index is 2.58. The molecule has 0 amide bonds. The van der Waals surface area contributed by atoms with Crippen molar-refractivity contribution in [1.29, 1.82) is 0 Å². The van der Waals surface area contributed by atoms with Crippen molar-refractivity contribution in [2.75, 3.05) is 5.75 Å². The Morgan fingerprint density at radius 1 is 1.25 bits per heavy atom.